The minimum atomic E-state index is -0.0663. The van der Waals surface area contributed by atoms with E-state index in [-0.39, 0.29) is 11.3 Å². The highest BCUT2D eigenvalue weighted by molar-refractivity contribution is 5.73. The molecule has 1 amide bonds. The summed E-state index contributed by atoms with van der Waals surface area (Å²) in [6.07, 6.45) is 1.71. The molecule has 19 heavy (non-hydrogen) atoms. The van der Waals surface area contributed by atoms with E-state index in [1.54, 1.807) is 13.1 Å². The molecule has 102 valence electrons. The van der Waals surface area contributed by atoms with Crippen molar-refractivity contribution in [3.63, 3.8) is 0 Å². The van der Waals surface area contributed by atoms with E-state index in [0.717, 1.165) is 19.7 Å². The van der Waals surface area contributed by atoms with Crippen LogP contribution in [0.25, 0.3) is 0 Å². The van der Waals surface area contributed by atoms with Crippen LogP contribution in [0.1, 0.15) is 6.92 Å². The van der Waals surface area contributed by atoms with E-state index in [0.29, 0.717) is 25.0 Å². The zero-order chi connectivity index (χ0) is 13.3. The summed E-state index contributed by atoms with van der Waals surface area (Å²) in [6.45, 7) is 5.05. The van der Waals surface area contributed by atoms with Gasteiger partial charge in [0, 0.05) is 38.2 Å². The van der Waals surface area contributed by atoms with E-state index >= 15 is 0 Å². The Morgan fingerprint density at radius 2 is 2.53 bits per heavy atom. The fraction of sp³-hybridized carbons (Fsp3) is 0.571. The fourth-order valence-electron chi connectivity index (χ4n) is 2.93. The van der Waals surface area contributed by atoms with Crippen LogP contribution in [0.4, 0.5) is 0 Å². The molecule has 5 nitrogen and oxygen atoms in total. The fourth-order valence-corrected chi connectivity index (χ4v) is 2.93. The molecule has 2 fully saturated rings. The van der Waals surface area contributed by atoms with Gasteiger partial charge in [0.2, 0.25) is 11.8 Å². The lowest BCUT2D eigenvalue weighted by Gasteiger charge is -2.26. The third-order valence-corrected chi connectivity index (χ3v) is 4.11. The first-order chi connectivity index (χ1) is 9.20. The van der Waals surface area contributed by atoms with Crippen molar-refractivity contribution in [1.29, 1.82) is 0 Å². The summed E-state index contributed by atoms with van der Waals surface area (Å²) in [5.74, 6) is 1.13. The second-order valence-corrected chi connectivity index (χ2v) is 5.43. The van der Waals surface area contributed by atoms with Crippen LogP contribution in [-0.2, 0) is 9.53 Å². The van der Waals surface area contributed by atoms with Gasteiger partial charge in [-0.25, -0.2) is 4.98 Å². The Morgan fingerprint density at radius 3 is 3.26 bits per heavy atom. The topological polar surface area (TPSA) is 51.7 Å². The third kappa shape index (κ3) is 2.30. The predicted octanol–water partition coefficient (Wildman–Crippen LogP) is 0.955. The third-order valence-electron chi connectivity index (χ3n) is 4.11. The van der Waals surface area contributed by atoms with Crippen molar-refractivity contribution in [3.05, 3.63) is 24.4 Å². The van der Waals surface area contributed by atoms with Crippen molar-refractivity contribution in [3.8, 4) is 5.88 Å². The zero-order valence-corrected chi connectivity index (χ0v) is 11.0. The van der Waals surface area contributed by atoms with E-state index in [9.17, 15) is 4.79 Å². The molecule has 5 heteroatoms. The van der Waals surface area contributed by atoms with Gasteiger partial charge in [0.25, 0.3) is 0 Å². The molecule has 3 rings (SSSR count). The summed E-state index contributed by atoms with van der Waals surface area (Å²) in [5.41, 5.74) is -0.0663. The van der Waals surface area contributed by atoms with Crippen LogP contribution in [-0.4, -0.2) is 48.7 Å². The smallest absolute Gasteiger partial charge is 0.219 e. The largest absolute Gasteiger partial charge is 0.477 e. The van der Waals surface area contributed by atoms with E-state index in [1.807, 2.05) is 23.1 Å². The number of hydrogen-bond donors (Lipinski definition) is 0. The lowest BCUT2D eigenvalue weighted by atomic mass is 9.82. The summed E-state index contributed by atoms with van der Waals surface area (Å²) in [5, 5.41) is 0. The van der Waals surface area contributed by atoms with Gasteiger partial charge in [-0.05, 0) is 6.07 Å². The Bertz CT molecular complexity index is 465. The van der Waals surface area contributed by atoms with Crippen LogP contribution in [0.3, 0.4) is 0 Å². The summed E-state index contributed by atoms with van der Waals surface area (Å²) >= 11 is 0. The van der Waals surface area contributed by atoms with Gasteiger partial charge in [-0.1, -0.05) is 6.07 Å². The van der Waals surface area contributed by atoms with Gasteiger partial charge in [0.15, 0.2) is 0 Å². The molecular weight excluding hydrogens is 244 g/mol. The Hall–Kier alpha value is -1.62. The monoisotopic (exact) mass is 262 g/mol. The molecule has 0 radical (unpaired) electrons. The minimum absolute atomic E-state index is 0.0663. The van der Waals surface area contributed by atoms with Crippen LogP contribution < -0.4 is 4.74 Å². The Kier molecular flexibility index (Phi) is 3.14. The number of ether oxygens (including phenoxy) is 2. The van der Waals surface area contributed by atoms with Crippen LogP contribution >= 0.6 is 0 Å². The second kappa shape index (κ2) is 4.81. The number of pyridine rings is 1. The molecule has 0 saturated carbocycles. The molecule has 0 unspecified atom stereocenters. The summed E-state index contributed by atoms with van der Waals surface area (Å²) in [7, 11) is 0. The van der Waals surface area contributed by atoms with E-state index in [1.165, 1.54) is 0 Å². The summed E-state index contributed by atoms with van der Waals surface area (Å²) < 4.78 is 11.4. The lowest BCUT2D eigenvalue weighted by molar-refractivity contribution is -0.128. The first kappa shape index (κ1) is 12.4. The van der Waals surface area contributed by atoms with Crippen molar-refractivity contribution >= 4 is 5.91 Å². The maximum atomic E-state index is 11.5. The molecule has 0 N–H and O–H groups in total. The molecule has 2 aliphatic rings. The van der Waals surface area contributed by atoms with Crippen LogP contribution in [0.15, 0.2) is 24.4 Å². The van der Waals surface area contributed by atoms with Crippen LogP contribution in [0.5, 0.6) is 5.88 Å². The maximum Gasteiger partial charge on any atom is 0.219 e. The maximum absolute atomic E-state index is 11.5. The van der Waals surface area contributed by atoms with Crippen molar-refractivity contribution in [2.75, 3.05) is 32.9 Å². The van der Waals surface area contributed by atoms with Gasteiger partial charge in [-0.3, -0.25) is 4.79 Å². The number of carbonyl (C=O) groups is 1. The molecule has 3 heterocycles. The number of amides is 1. The van der Waals surface area contributed by atoms with Gasteiger partial charge >= 0.3 is 0 Å². The Labute approximate surface area is 112 Å². The molecule has 0 aromatic carbocycles. The molecule has 0 aliphatic carbocycles. The number of nitrogens with zero attached hydrogens (tertiary/aromatic N) is 2. The molecule has 1 aromatic rings. The number of aromatic nitrogens is 1. The van der Waals surface area contributed by atoms with Crippen molar-refractivity contribution in [1.82, 2.24) is 9.88 Å². The molecule has 2 atom stereocenters. The number of hydrogen-bond acceptors (Lipinski definition) is 4. The van der Waals surface area contributed by atoms with Gasteiger partial charge < -0.3 is 14.4 Å². The molecule has 0 bridgehead atoms. The average Bonchev–Trinajstić information content (AvgIpc) is 2.94. The summed E-state index contributed by atoms with van der Waals surface area (Å²) in [6, 6.07) is 5.61. The minimum Gasteiger partial charge on any atom is -0.477 e. The van der Waals surface area contributed by atoms with Crippen LogP contribution in [0.2, 0.25) is 0 Å². The zero-order valence-electron chi connectivity index (χ0n) is 11.0. The molecule has 0 spiro atoms. The molecule has 2 saturated heterocycles. The van der Waals surface area contributed by atoms with E-state index in [4.69, 9.17) is 9.47 Å². The van der Waals surface area contributed by atoms with Gasteiger partial charge in [-0.15, -0.1) is 0 Å². The van der Waals surface area contributed by atoms with Crippen molar-refractivity contribution in [2.24, 2.45) is 11.3 Å². The standard InChI is InChI=1S/C14H18N2O3/c1-11(17)16-6-12-7-18-9-14(12,8-16)10-19-13-4-2-3-5-15-13/h2-5,12H,6-10H2,1H3/t12-,14+/m1/s1. The van der Waals surface area contributed by atoms with Gasteiger partial charge in [-0.2, -0.15) is 0 Å². The van der Waals surface area contributed by atoms with Crippen molar-refractivity contribution < 1.29 is 14.3 Å². The highest BCUT2D eigenvalue weighted by atomic mass is 16.5. The first-order valence-electron chi connectivity index (χ1n) is 6.57. The number of rotatable bonds is 3. The lowest BCUT2D eigenvalue weighted by Crippen LogP contribution is -2.37. The average molecular weight is 262 g/mol. The first-order valence-corrected chi connectivity index (χ1v) is 6.57. The van der Waals surface area contributed by atoms with Crippen LogP contribution in [0, 0.1) is 11.3 Å². The Morgan fingerprint density at radius 1 is 1.63 bits per heavy atom. The van der Waals surface area contributed by atoms with E-state index < -0.39 is 0 Å². The number of fused-ring (bicyclic) bond motifs is 1. The second-order valence-electron chi connectivity index (χ2n) is 5.43. The highest BCUT2D eigenvalue weighted by Gasteiger charge is 2.52. The highest BCUT2D eigenvalue weighted by Crippen LogP contribution is 2.41. The van der Waals surface area contributed by atoms with Gasteiger partial charge in [0.1, 0.15) is 0 Å². The Balaban J connectivity index is 1.69. The molecular formula is C14H18N2O3. The quantitative estimate of drug-likeness (QED) is 0.814. The normalized spacial score (nSPS) is 29.3. The SMILES string of the molecule is CC(=O)N1C[C@@H]2COC[C@]2(COc2ccccn2)C1. The van der Waals surface area contributed by atoms with Gasteiger partial charge in [0.05, 0.1) is 25.2 Å². The number of likely N-dealkylation sites (tertiary alicyclic amines) is 1. The predicted molar refractivity (Wildman–Crippen MR) is 68.7 cm³/mol. The molecule has 2 aliphatic heterocycles. The number of carbonyl (C=O) groups excluding carboxylic acids is 1. The van der Waals surface area contributed by atoms with E-state index in [2.05, 4.69) is 4.98 Å². The molecule has 1 aromatic heterocycles. The summed E-state index contributed by atoms with van der Waals surface area (Å²) in [4.78, 5) is 17.6. The van der Waals surface area contributed by atoms with Crippen molar-refractivity contribution in [2.45, 2.75) is 6.92 Å².